The summed E-state index contributed by atoms with van der Waals surface area (Å²) in [5.74, 6) is 1.37. The van der Waals surface area contributed by atoms with Gasteiger partial charge in [0.15, 0.2) is 0 Å². The highest BCUT2D eigenvalue weighted by molar-refractivity contribution is 9.10. The van der Waals surface area contributed by atoms with Crippen LogP contribution in [0.3, 0.4) is 0 Å². The summed E-state index contributed by atoms with van der Waals surface area (Å²) < 4.78 is 6.10. The summed E-state index contributed by atoms with van der Waals surface area (Å²) in [6, 6.07) is 5.96. The van der Waals surface area contributed by atoms with Crippen LogP contribution in [0.4, 0.5) is 0 Å². The van der Waals surface area contributed by atoms with Gasteiger partial charge in [-0.15, -0.1) is 0 Å². The van der Waals surface area contributed by atoms with Crippen LogP contribution >= 0.6 is 15.9 Å². The van der Waals surface area contributed by atoms with Crippen molar-refractivity contribution < 1.29 is 9.84 Å². The van der Waals surface area contributed by atoms with Crippen LogP contribution in [0.5, 0.6) is 5.75 Å². The average molecular weight is 271 g/mol. The minimum Gasteiger partial charge on any atom is -0.496 e. The topological polar surface area (TPSA) is 29.5 Å². The van der Waals surface area contributed by atoms with Crippen LogP contribution < -0.4 is 4.74 Å². The maximum absolute atomic E-state index is 9.81. The van der Waals surface area contributed by atoms with Crippen molar-refractivity contribution in [2.24, 2.45) is 5.92 Å². The number of aliphatic hydroxyl groups excluding tert-OH is 1. The molecule has 0 saturated heterocycles. The fourth-order valence-electron chi connectivity index (χ4n) is 1.73. The Morgan fingerprint density at radius 3 is 2.80 bits per heavy atom. The van der Waals surface area contributed by atoms with Crippen LogP contribution in [0.25, 0.3) is 0 Å². The predicted octanol–water partition coefficient (Wildman–Crippen LogP) is 2.77. The molecule has 0 spiro atoms. The number of rotatable bonds is 4. The summed E-state index contributed by atoms with van der Waals surface area (Å²) >= 11 is 3.44. The first-order valence-electron chi connectivity index (χ1n) is 5.21. The summed E-state index contributed by atoms with van der Waals surface area (Å²) in [6.07, 6.45) is 2.93. The second-order valence-corrected chi connectivity index (χ2v) is 4.93. The molecule has 1 aliphatic carbocycles. The Bertz CT molecular complexity index is 347. The van der Waals surface area contributed by atoms with Crippen molar-refractivity contribution in [3.8, 4) is 5.75 Å². The zero-order valence-electron chi connectivity index (χ0n) is 8.74. The first kappa shape index (κ1) is 11.0. The third-order valence-electron chi connectivity index (χ3n) is 2.83. The molecule has 0 heterocycles. The molecular weight excluding hydrogens is 256 g/mol. The van der Waals surface area contributed by atoms with Crippen LogP contribution in [-0.4, -0.2) is 18.3 Å². The SMILES string of the molecule is COc1ccc(CC(O)C2CC2)cc1Br. The van der Waals surface area contributed by atoms with Crippen LogP contribution in [0.1, 0.15) is 18.4 Å². The highest BCUT2D eigenvalue weighted by Crippen LogP contribution is 2.34. The Hall–Kier alpha value is -0.540. The van der Waals surface area contributed by atoms with Gasteiger partial charge < -0.3 is 9.84 Å². The van der Waals surface area contributed by atoms with E-state index in [1.165, 1.54) is 12.8 Å². The van der Waals surface area contributed by atoms with Gasteiger partial charge >= 0.3 is 0 Å². The molecule has 1 aromatic carbocycles. The van der Waals surface area contributed by atoms with Crippen molar-refractivity contribution in [1.82, 2.24) is 0 Å². The zero-order valence-corrected chi connectivity index (χ0v) is 10.3. The number of benzene rings is 1. The van der Waals surface area contributed by atoms with E-state index < -0.39 is 0 Å². The molecular formula is C12H15BrO2. The third-order valence-corrected chi connectivity index (χ3v) is 3.45. The molecule has 1 atom stereocenters. The Balaban J connectivity index is 2.05. The van der Waals surface area contributed by atoms with Crippen molar-refractivity contribution in [3.63, 3.8) is 0 Å². The van der Waals surface area contributed by atoms with Gasteiger partial charge in [0.1, 0.15) is 5.75 Å². The smallest absolute Gasteiger partial charge is 0.133 e. The molecule has 1 aromatic rings. The van der Waals surface area contributed by atoms with Gasteiger partial charge in [-0.25, -0.2) is 0 Å². The van der Waals surface area contributed by atoms with Crippen molar-refractivity contribution >= 4 is 15.9 Å². The van der Waals surface area contributed by atoms with Gasteiger partial charge in [-0.2, -0.15) is 0 Å². The number of halogens is 1. The van der Waals surface area contributed by atoms with E-state index in [9.17, 15) is 5.11 Å². The van der Waals surface area contributed by atoms with Crippen LogP contribution in [0, 0.1) is 5.92 Å². The molecule has 0 aromatic heterocycles. The van der Waals surface area contributed by atoms with E-state index in [1.54, 1.807) is 7.11 Å². The molecule has 0 radical (unpaired) electrons. The maximum Gasteiger partial charge on any atom is 0.133 e. The van der Waals surface area contributed by atoms with Gasteiger partial charge in [0, 0.05) is 0 Å². The second-order valence-electron chi connectivity index (χ2n) is 4.08. The van der Waals surface area contributed by atoms with Crippen molar-refractivity contribution in [2.45, 2.75) is 25.4 Å². The fourth-order valence-corrected chi connectivity index (χ4v) is 2.31. The van der Waals surface area contributed by atoms with Crippen molar-refractivity contribution in [3.05, 3.63) is 28.2 Å². The number of aliphatic hydroxyl groups is 1. The maximum atomic E-state index is 9.81. The molecule has 1 aliphatic rings. The lowest BCUT2D eigenvalue weighted by molar-refractivity contribution is 0.151. The lowest BCUT2D eigenvalue weighted by atomic mass is 10.0. The summed E-state index contributed by atoms with van der Waals surface area (Å²) in [5.41, 5.74) is 1.15. The minimum absolute atomic E-state index is 0.176. The molecule has 2 rings (SSSR count). The lowest BCUT2D eigenvalue weighted by Crippen LogP contribution is -2.12. The number of hydrogen-bond donors (Lipinski definition) is 1. The van der Waals surface area contributed by atoms with E-state index in [4.69, 9.17) is 4.74 Å². The van der Waals surface area contributed by atoms with Gasteiger partial charge in [0.05, 0.1) is 17.7 Å². The quantitative estimate of drug-likeness (QED) is 0.912. The first-order chi connectivity index (χ1) is 7.20. The molecule has 1 unspecified atom stereocenters. The van der Waals surface area contributed by atoms with Crippen molar-refractivity contribution in [2.75, 3.05) is 7.11 Å². The van der Waals surface area contributed by atoms with Gasteiger partial charge in [-0.05, 0) is 58.8 Å². The molecule has 0 bridgehead atoms. The predicted molar refractivity (Wildman–Crippen MR) is 63.1 cm³/mol. The number of methoxy groups -OCH3 is 1. The molecule has 0 amide bonds. The van der Waals surface area contributed by atoms with Crippen LogP contribution in [0.15, 0.2) is 22.7 Å². The van der Waals surface area contributed by atoms with Gasteiger partial charge in [0.2, 0.25) is 0 Å². The molecule has 0 aliphatic heterocycles. The van der Waals surface area contributed by atoms with Crippen LogP contribution in [-0.2, 0) is 6.42 Å². The van der Waals surface area contributed by atoms with Gasteiger partial charge in [-0.1, -0.05) is 6.07 Å². The minimum atomic E-state index is -0.176. The first-order valence-corrected chi connectivity index (χ1v) is 6.00. The normalized spacial score (nSPS) is 17.5. The lowest BCUT2D eigenvalue weighted by Gasteiger charge is -2.10. The molecule has 3 heteroatoms. The average Bonchev–Trinajstić information content (AvgIpc) is 3.01. The van der Waals surface area contributed by atoms with E-state index in [-0.39, 0.29) is 6.10 Å². The highest BCUT2D eigenvalue weighted by Gasteiger charge is 2.29. The molecule has 1 saturated carbocycles. The molecule has 15 heavy (non-hydrogen) atoms. The van der Waals surface area contributed by atoms with Crippen molar-refractivity contribution in [1.29, 1.82) is 0 Å². The molecule has 2 nitrogen and oxygen atoms in total. The second kappa shape index (κ2) is 4.54. The Morgan fingerprint density at radius 2 is 2.27 bits per heavy atom. The molecule has 1 fully saturated rings. The highest BCUT2D eigenvalue weighted by atomic mass is 79.9. The Labute approximate surface area is 98.4 Å². The third kappa shape index (κ3) is 2.73. The van der Waals surface area contributed by atoms with E-state index >= 15 is 0 Å². The Kier molecular flexibility index (Phi) is 3.32. The summed E-state index contributed by atoms with van der Waals surface area (Å²) in [7, 11) is 1.65. The van der Waals surface area contributed by atoms with Gasteiger partial charge in [-0.3, -0.25) is 0 Å². The fraction of sp³-hybridized carbons (Fsp3) is 0.500. The largest absolute Gasteiger partial charge is 0.496 e. The number of ether oxygens (including phenoxy) is 1. The molecule has 1 N–H and O–H groups in total. The van der Waals surface area contributed by atoms with E-state index in [0.29, 0.717) is 5.92 Å². The summed E-state index contributed by atoms with van der Waals surface area (Å²) in [6.45, 7) is 0. The van der Waals surface area contributed by atoms with E-state index in [2.05, 4.69) is 15.9 Å². The standard InChI is InChI=1S/C12H15BrO2/c1-15-12-5-2-8(6-10(12)13)7-11(14)9-3-4-9/h2,5-6,9,11,14H,3-4,7H2,1H3. The number of hydrogen-bond acceptors (Lipinski definition) is 2. The molecule has 82 valence electrons. The summed E-state index contributed by atoms with van der Waals surface area (Å²) in [5, 5.41) is 9.81. The van der Waals surface area contributed by atoms with Crippen LogP contribution in [0.2, 0.25) is 0 Å². The van der Waals surface area contributed by atoms with Gasteiger partial charge in [0.25, 0.3) is 0 Å². The monoisotopic (exact) mass is 270 g/mol. The summed E-state index contributed by atoms with van der Waals surface area (Å²) in [4.78, 5) is 0. The zero-order chi connectivity index (χ0) is 10.8. The van der Waals surface area contributed by atoms with E-state index in [1.807, 2.05) is 18.2 Å². The van der Waals surface area contributed by atoms with E-state index in [0.717, 1.165) is 22.2 Å². The Morgan fingerprint density at radius 1 is 1.53 bits per heavy atom.